The maximum atomic E-state index is 12.6. The van der Waals surface area contributed by atoms with Crippen molar-refractivity contribution in [3.05, 3.63) is 34.8 Å². The number of thiazole rings is 1. The van der Waals surface area contributed by atoms with Gasteiger partial charge in [-0.1, -0.05) is 13.0 Å². The molecule has 1 N–H and O–H groups in total. The third-order valence-electron chi connectivity index (χ3n) is 4.90. The van der Waals surface area contributed by atoms with E-state index in [0.717, 1.165) is 29.9 Å². The number of carbonyl (C=O) groups excluding carboxylic acids is 2. The highest BCUT2D eigenvalue weighted by Gasteiger charge is 2.25. The smallest absolute Gasteiger partial charge is 0.228 e. The molecule has 2 amide bonds. The summed E-state index contributed by atoms with van der Waals surface area (Å²) in [6.45, 7) is 3.83. The van der Waals surface area contributed by atoms with Crippen molar-refractivity contribution in [1.29, 1.82) is 0 Å². The summed E-state index contributed by atoms with van der Waals surface area (Å²) in [5.74, 6) is 1.47. The topological polar surface area (TPSA) is 80.8 Å². The lowest BCUT2D eigenvalue weighted by molar-refractivity contribution is -0.121. The zero-order chi connectivity index (χ0) is 19.5. The van der Waals surface area contributed by atoms with Crippen molar-refractivity contribution in [1.82, 2.24) is 10.3 Å². The van der Waals surface area contributed by atoms with E-state index in [9.17, 15) is 9.59 Å². The van der Waals surface area contributed by atoms with Crippen LogP contribution in [0.5, 0.6) is 11.5 Å². The summed E-state index contributed by atoms with van der Waals surface area (Å²) in [5, 5.41) is 5.61. The van der Waals surface area contributed by atoms with Crippen molar-refractivity contribution in [3.8, 4) is 11.5 Å². The van der Waals surface area contributed by atoms with E-state index in [1.165, 1.54) is 11.3 Å². The molecule has 2 aliphatic heterocycles. The molecule has 0 bridgehead atoms. The van der Waals surface area contributed by atoms with Gasteiger partial charge >= 0.3 is 0 Å². The quantitative estimate of drug-likeness (QED) is 0.805. The van der Waals surface area contributed by atoms with E-state index < -0.39 is 0 Å². The minimum absolute atomic E-state index is 0.0914. The van der Waals surface area contributed by atoms with Crippen LogP contribution in [0.4, 0.5) is 5.13 Å². The van der Waals surface area contributed by atoms with Gasteiger partial charge in [0.25, 0.3) is 0 Å². The Labute approximate surface area is 167 Å². The molecule has 0 aliphatic carbocycles. The molecule has 0 spiro atoms. The lowest BCUT2D eigenvalue weighted by atomic mass is 10.0. The molecule has 1 saturated heterocycles. The summed E-state index contributed by atoms with van der Waals surface area (Å²) < 4.78 is 11.2. The van der Waals surface area contributed by atoms with Gasteiger partial charge in [-0.25, -0.2) is 4.98 Å². The highest BCUT2D eigenvalue weighted by molar-refractivity contribution is 7.14. The molecule has 1 fully saturated rings. The highest BCUT2D eigenvalue weighted by atomic mass is 32.1. The maximum absolute atomic E-state index is 12.6. The Morgan fingerprint density at radius 2 is 2.14 bits per heavy atom. The summed E-state index contributed by atoms with van der Waals surface area (Å²) in [5.41, 5.74) is 1.68. The number of nitrogens with zero attached hydrogens (tertiary/aromatic N) is 2. The van der Waals surface area contributed by atoms with E-state index in [4.69, 9.17) is 9.47 Å². The monoisotopic (exact) mass is 401 g/mol. The number of rotatable bonds is 6. The van der Waals surface area contributed by atoms with Crippen LogP contribution in [0.3, 0.4) is 0 Å². The normalized spacial score (nSPS) is 16.9. The Morgan fingerprint density at radius 1 is 1.32 bits per heavy atom. The zero-order valence-corrected chi connectivity index (χ0v) is 16.6. The van der Waals surface area contributed by atoms with Crippen molar-refractivity contribution in [3.63, 3.8) is 0 Å². The number of amides is 2. The molecule has 1 aromatic carbocycles. The minimum Gasteiger partial charge on any atom is -0.486 e. The van der Waals surface area contributed by atoms with Gasteiger partial charge in [0.2, 0.25) is 11.8 Å². The zero-order valence-electron chi connectivity index (χ0n) is 15.8. The van der Waals surface area contributed by atoms with Crippen LogP contribution >= 0.6 is 11.3 Å². The average molecular weight is 401 g/mol. The SMILES string of the molecule is CCC(NC(=O)Cc1csc(N2CCCC2=O)n1)c1ccc2c(c1)OCCO2. The largest absolute Gasteiger partial charge is 0.486 e. The third kappa shape index (κ3) is 3.96. The first-order valence-electron chi connectivity index (χ1n) is 9.57. The Hall–Kier alpha value is -2.61. The Balaban J connectivity index is 1.39. The van der Waals surface area contributed by atoms with Crippen molar-refractivity contribution < 1.29 is 19.1 Å². The van der Waals surface area contributed by atoms with Crippen LogP contribution in [-0.2, 0) is 16.0 Å². The van der Waals surface area contributed by atoms with Gasteiger partial charge in [0.1, 0.15) is 13.2 Å². The molecule has 4 rings (SSSR count). The van der Waals surface area contributed by atoms with E-state index in [0.29, 0.717) is 37.0 Å². The molecule has 0 radical (unpaired) electrons. The molecule has 28 heavy (non-hydrogen) atoms. The third-order valence-corrected chi connectivity index (χ3v) is 5.81. The highest BCUT2D eigenvalue weighted by Crippen LogP contribution is 2.33. The molecule has 8 heteroatoms. The Morgan fingerprint density at radius 3 is 2.89 bits per heavy atom. The number of carbonyl (C=O) groups is 2. The Bertz CT molecular complexity index is 882. The number of aromatic nitrogens is 1. The van der Waals surface area contributed by atoms with Crippen molar-refractivity contribution in [2.45, 2.75) is 38.6 Å². The molecule has 7 nitrogen and oxygen atoms in total. The van der Waals surface area contributed by atoms with E-state index in [-0.39, 0.29) is 24.3 Å². The lowest BCUT2D eigenvalue weighted by Gasteiger charge is -2.22. The van der Waals surface area contributed by atoms with E-state index >= 15 is 0 Å². The molecule has 2 aliphatic rings. The first kappa shape index (κ1) is 18.7. The molecule has 3 heterocycles. The van der Waals surface area contributed by atoms with Crippen LogP contribution in [0.25, 0.3) is 0 Å². The molecule has 2 aromatic rings. The number of hydrogen-bond acceptors (Lipinski definition) is 6. The van der Waals surface area contributed by atoms with Crippen molar-refractivity contribution in [2.24, 2.45) is 0 Å². The first-order chi connectivity index (χ1) is 13.6. The summed E-state index contributed by atoms with van der Waals surface area (Å²) >= 11 is 1.41. The predicted molar refractivity (Wildman–Crippen MR) is 106 cm³/mol. The molecule has 1 atom stereocenters. The van der Waals surface area contributed by atoms with Crippen LogP contribution in [0.1, 0.15) is 43.5 Å². The lowest BCUT2D eigenvalue weighted by Crippen LogP contribution is -2.30. The van der Waals surface area contributed by atoms with Crippen molar-refractivity contribution >= 4 is 28.3 Å². The van der Waals surface area contributed by atoms with Gasteiger partial charge in [-0.05, 0) is 30.5 Å². The first-order valence-corrected chi connectivity index (χ1v) is 10.5. The molecule has 1 unspecified atom stereocenters. The van der Waals surface area contributed by atoms with Gasteiger partial charge in [-0.15, -0.1) is 11.3 Å². The number of ether oxygens (including phenoxy) is 2. The van der Waals surface area contributed by atoms with Gasteiger partial charge in [0, 0.05) is 18.3 Å². The number of fused-ring (bicyclic) bond motifs is 1. The molecule has 148 valence electrons. The second-order valence-electron chi connectivity index (χ2n) is 6.88. The average Bonchev–Trinajstić information content (AvgIpc) is 3.34. The van der Waals surface area contributed by atoms with Crippen LogP contribution in [0.2, 0.25) is 0 Å². The number of nitrogens with one attached hydrogen (secondary N) is 1. The Kier molecular flexibility index (Phi) is 5.47. The van der Waals surface area contributed by atoms with E-state index in [1.807, 2.05) is 30.5 Å². The molecular weight excluding hydrogens is 378 g/mol. The fourth-order valence-corrected chi connectivity index (χ4v) is 4.33. The van der Waals surface area contributed by atoms with Crippen LogP contribution in [0.15, 0.2) is 23.6 Å². The van der Waals surface area contributed by atoms with E-state index in [2.05, 4.69) is 10.3 Å². The standard InChI is InChI=1S/C20H23N3O4S/c1-2-15(13-5-6-16-17(10-13)27-9-8-26-16)22-18(24)11-14-12-28-20(21-14)23-7-3-4-19(23)25/h5-6,10,12,15H,2-4,7-9,11H2,1H3,(H,22,24). The van der Waals surface area contributed by atoms with Gasteiger partial charge in [-0.2, -0.15) is 0 Å². The van der Waals surface area contributed by atoms with Gasteiger partial charge in [-0.3, -0.25) is 14.5 Å². The second-order valence-corrected chi connectivity index (χ2v) is 7.72. The summed E-state index contributed by atoms with van der Waals surface area (Å²) in [6, 6.07) is 5.67. The fourth-order valence-electron chi connectivity index (χ4n) is 3.46. The van der Waals surface area contributed by atoms with Gasteiger partial charge in [0.15, 0.2) is 16.6 Å². The summed E-state index contributed by atoms with van der Waals surface area (Å²) in [4.78, 5) is 30.6. The van der Waals surface area contributed by atoms with Crippen LogP contribution in [0, 0.1) is 0 Å². The fraction of sp³-hybridized carbons (Fsp3) is 0.450. The minimum atomic E-state index is -0.110. The molecule has 0 saturated carbocycles. The molecule has 1 aromatic heterocycles. The van der Waals surface area contributed by atoms with Crippen molar-refractivity contribution in [2.75, 3.05) is 24.7 Å². The summed E-state index contributed by atoms with van der Waals surface area (Å²) in [7, 11) is 0. The van der Waals surface area contributed by atoms with Gasteiger partial charge < -0.3 is 14.8 Å². The predicted octanol–water partition coefficient (Wildman–Crippen LogP) is 2.85. The maximum Gasteiger partial charge on any atom is 0.228 e. The second kappa shape index (κ2) is 8.18. The molecular formula is C20H23N3O4S. The number of anilines is 1. The van der Waals surface area contributed by atoms with Crippen LogP contribution in [-0.4, -0.2) is 36.6 Å². The van der Waals surface area contributed by atoms with Crippen LogP contribution < -0.4 is 19.7 Å². The summed E-state index contributed by atoms with van der Waals surface area (Å²) in [6.07, 6.45) is 2.39. The van der Waals surface area contributed by atoms with Gasteiger partial charge in [0.05, 0.1) is 18.2 Å². The van der Waals surface area contributed by atoms with E-state index in [1.54, 1.807) is 4.90 Å². The number of benzene rings is 1. The number of hydrogen-bond donors (Lipinski definition) is 1.